The van der Waals surface area contributed by atoms with Crippen molar-refractivity contribution >= 4 is 6.29 Å². The van der Waals surface area contributed by atoms with E-state index in [0.29, 0.717) is 12.0 Å². The van der Waals surface area contributed by atoms with Crippen LogP contribution in [0.5, 0.6) is 11.5 Å². The van der Waals surface area contributed by atoms with Crippen LogP contribution in [0.4, 0.5) is 0 Å². The predicted octanol–water partition coefficient (Wildman–Crippen LogP) is 1.21. The van der Waals surface area contributed by atoms with Crippen LogP contribution in [0.1, 0.15) is 10.4 Å². The number of para-hydroxylation sites is 1. The fourth-order valence-corrected chi connectivity index (χ4v) is 0.799. The number of phenolic OH excluding ortho intramolecular Hbond substituents is 1. The summed E-state index contributed by atoms with van der Waals surface area (Å²) < 4.78 is 4.78. The maximum absolute atomic E-state index is 10.3. The molecular weight excluding hydrogens is 200 g/mol. The standard InChI is InChI=1S/C8H8O3.Fe/c1-11-7-4-2-3-6(5-9)8(7)10;/h2-5,10H,1H3;. The van der Waals surface area contributed by atoms with Crippen molar-refractivity contribution in [2.24, 2.45) is 0 Å². The summed E-state index contributed by atoms with van der Waals surface area (Å²) in [6.07, 6.45) is 0.581. The van der Waals surface area contributed by atoms with Gasteiger partial charge < -0.3 is 9.84 Å². The number of methoxy groups -OCH3 is 1. The minimum absolute atomic E-state index is 0. The van der Waals surface area contributed by atoms with E-state index >= 15 is 0 Å². The minimum Gasteiger partial charge on any atom is -0.504 e. The Morgan fingerprint density at radius 3 is 2.67 bits per heavy atom. The van der Waals surface area contributed by atoms with Crippen LogP contribution in [-0.4, -0.2) is 18.5 Å². The third-order valence-corrected chi connectivity index (χ3v) is 1.38. The third-order valence-electron chi connectivity index (χ3n) is 1.38. The molecule has 1 rings (SSSR count). The molecule has 0 aliphatic heterocycles. The van der Waals surface area contributed by atoms with E-state index in [2.05, 4.69) is 0 Å². The maximum atomic E-state index is 10.3. The van der Waals surface area contributed by atoms with Gasteiger partial charge in [-0.3, -0.25) is 4.79 Å². The van der Waals surface area contributed by atoms with Gasteiger partial charge in [-0.2, -0.15) is 0 Å². The molecular formula is C8H8FeO3. The van der Waals surface area contributed by atoms with Crippen molar-refractivity contribution in [3.63, 3.8) is 0 Å². The molecule has 0 radical (unpaired) electrons. The number of hydrogen-bond acceptors (Lipinski definition) is 3. The van der Waals surface area contributed by atoms with Gasteiger partial charge in [0.05, 0.1) is 12.7 Å². The number of benzene rings is 1. The number of hydrogen-bond donors (Lipinski definition) is 1. The van der Waals surface area contributed by atoms with E-state index in [1.165, 1.54) is 13.2 Å². The second-order valence-corrected chi connectivity index (χ2v) is 2.02. The van der Waals surface area contributed by atoms with Crippen LogP contribution in [0.15, 0.2) is 18.2 Å². The quantitative estimate of drug-likeness (QED) is 0.586. The van der Waals surface area contributed by atoms with Gasteiger partial charge in [0.1, 0.15) is 0 Å². The SMILES string of the molecule is COc1cccc(C=O)c1O.[Fe]. The van der Waals surface area contributed by atoms with E-state index in [-0.39, 0.29) is 28.4 Å². The summed E-state index contributed by atoms with van der Waals surface area (Å²) in [5, 5.41) is 9.23. The van der Waals surface area contributed by atoms with Gasteiger partial charge in [-0.25, -0.2) is 0 Å². The summed E-state index contributed by atoms with van der Waals surface area (Å²) in [6.45, 7) is 0. The molecule has 0 aliphatic rings. The first-order chi connectivity index (χ1) is 5.29. The number of carbonyl (C=O) groups excluding carboxylic acids is 1. The minimum atomic E-state index is -0.106. The smallest absolute Gasteiger partial charge is 0.168 e. The van der Waals surface area contributed by atoms with Gasteiger partial charge in [-0.1, -0.05) is 6.07 Å². The Kier molecular flexibility index (Phi) is 4.40. The summed E-state index contributed by atoms with van der Waals surface area (Å²) in [5.74, 6) is 0.208. The van der Waals surface area contributed by atoms with E-state index in [1.54, 1.807) is 12.1 Å². The van der Waals surface area contributed by atoms with E-state index in [4.69, 9.17) is 4.74 Å². The fraction of sp³-hybridized carbons (Fsp3) is 0.125. The number of phenols is 1. The molecule has 3 nitrogen and oxygen atoms in total. The molecule has 0 fully saturated rings. The molecule has 1 aromatic rings. The summed E-state index contributed by atoms with van der Waals surface area (Å²) in [7, 11) is 1.43. The second kappa shape index (κ2) is 4.80. The van der Waals surface area contributed by atoms with Crippen LogP contribution < -0.4 is 4.74 Å². The first-order valence-corrected chi connectivity index (χ1v) is 3.10. The first kappa shape index (κ1) is 11.0. The van der Waals surface area contributed by atoms with Crippen molar-refractivity contribution < 1.29 is 31.7 Å². The molecule has 1 N–H and O–H groups in total. The number of aldehydes is 1. The van der Waals surface area contributed by atoms with E-state index in [0.717, 1.165) is 0 Å². The van der Waals surface area contributed by atoms with Crippen LogP contribution in [0, 0.1) is 0 Å². The van der Waals surface area contributed by atoms with Gasteiger partial charge in [-0.05, 0) is 12.1 Å². The van der Waals surface area contributed by atoms with Gasteiger partial charge >= 0.3 is 0 Å². The maximum Gasteiger partial charge on any atom is 0.168 e. The Labute approximate surface area is 80.8 Å². The number of aromatic hydroxyl groups is 1. The molecule has 1 aromatic carbocycles. The van der Waals surface area contributed by atoms with Crippen LogP contribution in [-0.2, 0) is 17.1 Å². The average Bonchev–Trinajstić information content (AvgIpc) is 2.05. The van der Waals surface area contributed by atoms with Crippen molar-refractivity contribution in [3.05, 3.63) is 23.8 Å². The topological polar surface area (TPSA) is 46.5 Å². The van der Waals surface area contributed by atoms with E-state index < -0.39 is 0 Å². The molecule has 0 bridgehead atoms. The average molecular weight is 208 g/mol. The summed E-state index contributed by atoms with van der Waals surface area (Å²) in [5.41, 5.74) is 0.240. The normalized spacial score (nSPS) is 8.42. The van der Waals surface area contributed by atoms with Crippen molar-refractivity contribution in [1.82, 2.24) is 0 Å². The molecule has 0 heterocycles. The Morgan fingerprint density at radius 2 is 2.17 bits per heavy atom. The largest absolute Gasteiger partial charge is 0.504 e. The van der Waals surface area contributed by atoms with Crippen molar-refractivity contribution in [3.8, 4) is 11.5 Å². The molecule has 0 saturated carbocycles. The Bertz CT molecular complexity index is 273. The van der Waals surface area contributed by atoms with Gasteiger partial charge in [0.25, 0.3) is 0 Å². The molecule has 66 valence electrons. The fourth-order valence-electron chi connectivity index (χ4n) is 0.799. The Balaban J connectivity index is 0.00000121. The molecule has 0 spiro atoms. The van der Waals surface area contributed by atoms with Crippen molar-refractivity contribution in [2.45, 2.75) is 0 Å². The zero-order valence-electron chi connectivity index (χ0n) is 6.43. The first-order valence-electron chi connectivity index (χ1n) is 3.10. The van der Waals surface area contributed by atoms with Crippen LogP contribution in [0.25, 0.3) is 0 Å². The zero-order valence-corrected chi connectivity index (χ0v) is 7.53. The van der Waals surface area contributed by atoms with E-state index in [1.807, 2.05) is 0 Å². The Hall–Kier alpha value is -0.991. The van der Waals surface area contributed by atoms with Crippen molar-refractivity contribution in [1.29, 1.82) is 0 Å². The monoisotopic (exact) mass is 208 g/mol. The molecule has 0 unspecified atom stereocenters. The van der Waals surface area contributed by atoms with Gasteiger partial charge in [0.15, 0.2) is 17.8 Å². The van der Waals surface area contributed by atoms with Crippen molar-refractivity contribution in [2.75, 3.05) is 7.11 Å². The van der Waals surface area contributed by atoms with Crippen LogP contribution in [0.3, 0.4) is 0 Å². The number of carbonyl (C=O) groups is 1. The van der Waals surface area contributed by atoms with Gasteiger partial charge in [0.2, 0.25) is 0 Å². The van der Waals surface area contributed by atoms with Crippen LogP contribution in [0.2, 0.25) is 0 Å². The predicted molar refractivity (Wildman–Crippen MR) is 40.0 cm³/mol. The second-order valence-electron chi connectivity index (χ2n) is 2.02. The summed E-state index contributed by atoms with van der Waals surface area (Å²) in [4.78, 5) is 10.3. The molecule has 0 aliphatic carbocycles. The van der Waals surface area contributed by atoms with E-state index in [9.17, 15) is 9.90 Å². The summed E-state index contributed by atoms with van der Waals surface area (Å²) in [6, 6.07) is 4.75. The molecule has 0 amide bonds. The van der Waals surface area contributed by atoms with Crippen LogP contribution >= 0.6 is 0 Å². The molecule has 0 aromatic heterocycles. The molecule has 0 saturated heterocycles. The Morgan fingerprint density at radius 1 is 1.50 bits per heavy atom. The number of rotatable bonds is 2. The zero-order chi connectivity index (χ0) is 8.27. The number of ether oxygens (including phenoxy) is 1. The molecule has 0 atom stereocenters. The molecule has 4 heteroatoms. The van der Waals surface area contributed by atoms with Gasteiger partial charge in [-0.15, -0.1) is 0 Å². The van der Waals surface area contributed by atoms with Gasteiger partial charge in [0, 0.05) is 17.1 Å². The summed E-state index contributed by atoms with van der Waals surface area (Å²) >= 11 is 0. The molecule has 12 heavy (non-hydrogen) atoms. The third kappa shape index (κ3) is 2.00.